The third kappa shape index (κ3) is 3.84. The first-order valence-electron chi connectivity index (χ1n) is 10.5. The number of thioether (sulfide) groups is 1. The maximum Gasteiger partial charge on any atom is 0.262 e. The lowest BCUT2D eigenvalue weighted by Gasteiger charge is -2.32. The summed E-state index contributed by atoms with van der Waals surface area (Å²) in [7, 11) is 0. The Morgan fingerprint density at radius 2 is 1.82 bits per heavy atom. The quantitative estimate of drug-likeness (QED) is 0.570. The van der Waals surface area contributed by atoms with Gasteiger partial charge in [0.1, 0.15) is 0 Å². The van der Waals surface area contributed by atoms with Crippen molar-refractivity contribution in [2.24, 2.45) is 5.92 Å². The molecule has 1 aromatic heterocycles. The van der Waals surface area contributed by atoms with E-state index in [1.807, 2.05) is 40.7 Å². The van der Waals surface area contributed by atoms with Crippen LogP contribution in [0.15, 0.2) is 34.2 Å². The molecule has 2 aliphatic rings. The monoisotopic (exact) mass is 399 g/mol. The number of nitrogens with zero attached hydrogens (tertiary/aromatic N) is 3. The van der Waals surface area contributed by atoms with Crippen molar-refractivity contribution in [3.8, 4) is 0 Å². The van der Waals surface area contributed by atoms with E-state index in [2.05, 4.69) is 6.92 Å². The Bertz CT molecular complexity index is 912. The number of para-hydroxylation sites is 1. The number of hydrogen-bond donors (Lipinski definition) is 0. The molecule has 5 nitrogen and oxygen atoms in total. The molecule has 1 atom stereocenters. The molecule has 0 radical (unpaired) electrons. The first-order valence-corrected chi connectivity index (χ1v) is 11.4. The van der Waals surface area contributed by atoms with Crippen LogP contribution >= 0.6 is 11.8 Å². The molecule has 28 heavy (non-hydrogen) atoms. The van der Waals surface area contributed by atoms with Crippen LogP contribution in [0.4, 0.5) is 0 Å². The minimum atomic E-state index is -0.242. The molecule has 1 unspecified atom stereocenters. The van der Waals surface area contributed by atoms with Gasteiger partial charge in [0.05, 0.1) is 16.2 Å². The van der Waals surface area contributed by atoms with Crippen LogP contribution in [-0.2, 0) is 4.79 Å². The second kappa shape index (κ2) is 8.27. The molecule has 1 amide bonds. The fourth-order valence-corrected chi connectivity index (χ4v) is 5.45. The first kappa shape index (κ1) is 19.5. The van der Waals surface area contributed by atoms with E-state index in [1.54, 1.807) is 0 Å². The zero-order chi connectivity index (χ0) is 19.7. The Labute approximate surface area is 170 Å². The fraction of sp³-hybridized carbons (Fsp3) is 0.591. The summed E-state index contributed by atoms with van der Waals surface area (Å²) in [5.41, 5.74) is 0.752. The molecule has 4 rings (SSSR count). The van der Waals surface area contributed by atoms with E-state index in [1.165, 1.54) is 11.8 Å². The van der Waals surface area contributed by atoms with E-state index in [-0.39, 0.29) is 22.8 Å². The lowest BCUT2D eigenvalue weighted by molar-refractivity contribution is -0.131. The molecule has 2 fully saturated rings. The predicted molar refractivity (Wildman–Crippen MR) is 114 cm³/mol. The standard InChI is InChI=1S/C22H29N3O2S/c1-15-11-13-24(14-12-15)20(26)16(2)28-22-23-19-10-6-5-9-18(19)21(27)25(22)17-7-3-4-8-17/h5-6,9-10,15-17H,3-4,7-8,11-14H2,1-2H3. The molecular weight excluding hydrogens is 370 g/mol. The Balaban J connectivity index is 1.64. The lowest BCUT2D eigenvalue weighted by Crippen LogP contribution is -2.42. The Kier molecular flexibility index (Phi) is 5.76. The molecule has 1 saturated carbocycles. The van der Waals surface area contributed by atoms with E-state index in [0.29, 0.717) is 16.5 Å². The van der Waals surface area contributed by atoms with Gasteiger partial charge in [-0.1, -0.05) is 43.7 Å². The van der Waals surface area contributed by atoms with Crippen molar-refractivity contribution in [3.63, 3.8) is 0 Å². The summed E-state index contributed by atoms with van der Waals surface area (Å²) in [6, 6.07) is 7.74. The van der Waals surface area contributed by atoms with Gasteiger partial charge in [0.25, 0.3) is 5.56 Å². The topological polar surface area (TPSA) is 55.2 Å². The van der Waals surface area contributed by atoms with Crippen LogP contribution in [-0.4, -0.2) is 38.7 Å². The Morgan fingerprint density at radius 3 is 2.54 bits per heavy atom. The number of hydrogen-bond acceptors (Lipinski definition) is 4. The number of aromatic nitrogens is 2. The fourth-order valence-electron chi connectivity index (χ4n) is 4.39. The zero-order valence-corrected chi connectivity index (χ0v) is 17.6. The average Bonchev–Trinajstić information content (AvgIpc) is 3.22. The number of carbonyl (C=O) groups excluding carboxylic acids is 1. The highest BCUT2D eigenvalue weighted by atomic mass is 32.2. The molecule has 1 saturated heterocycles. The number of piperidine rings is 1. The predicted octanol–water partition coefficient (Wildman–Crippen LogP) is 4.25. The van der Waals surface area contributed by atoms with Crippen molar-refractivity contribution in [3.05, 3.63) is 34.6 Å². The van der Waals surface area contributed by atoms with Crippen molar-refractivity contribution in [1.29, 1.82) is 0 Å². The third-order valence-corrected chi connectivity index (χ3v) is 7.24. The van der Waals surface area contributed by atoms with Crippen molar-refractivity contribution in [2.75, 3.05) is 13.1 Å². The van der Waals surface area contributed by atoms with Gasteiger partial charge in [-0.3, -0.25) is 14.2 Å². The van der Waals surface area contributed by atoms with Crippen LogP contribution in [0.25, 0.3) is 10.9 Å². The number of rotatable bonds is 4. The summed E-state index contributed by atoms with van der Waals surface area (Å²) in [6.07, 6.45) is 6.47. The number of fused-ring (bicyclic) bond motifs is 1. The molecule has 1 aliphatic heterocycles. The molecule has 0 bridgehead atoms. The van der Waals surface area contributed by atoms with E-state index < -0.39 is 0 Å². The van der Waals surface area contributed by atoms with E-state index in [4.69, 9.17) is 4.98 Å². The molecule has 2 heterocycles. The number of likely N-dealkylation sites (tertiary alicyclic amines) is 1. The molecule has 6 heteroatoms. The highest BCUT2D eigenvalue weighted by molar-refractivity contribution is 8.00. The van der Waals surface area contributed by atoms with Gasteiger partial charge in [0.15, 0.2) is 5.16 Å². The minimum Gasteiger partial charge on any atom is -0.342 e. The molecule has 150 valence electrons. The second-order valence-corrected chi connectivity index (χ2v) is 9.60. The Morgan fingerprint density at radius 1 is 1.14 bits per heavy atom. The largest absolute Gasteiger partial charge is 0.342 e. The van der Waals surface area contributed by atoms with Crippen LogP contribution in [0.2, 0.25) is 0 Å². The van der Waals surface area contributed by atoms with Gasteiger partial charge in [-0.05, 0) is 50.7 Å². The van der Waals surface area contributed by atoms with E-state index in [0.717, 1.165) is 57.1 Å². The number of carbonyl (C=O) groups is 1. The molecule has 1 aliphatic carbocycles. The van der Waals surface area contributed by atoms with Crippen LogP contribution in [0.3, 0.4) is 0 Å². The normalized spacial score (nSPS) is 20.0. The van der Waals surface area contributed by atoms with E-state index in [9.17, 15) is 9.59 Å². The summed E-state index contributed by atoms with van der Waals surface area (Å²) < 4.78 is 1.88. The van der Waals surface area contributed by atoms with Crippen molar-refractivity contribution < 1.29 is 4.79 Å². The SMILES string of the molecule is CC1CCN(C(=O)C(C)Sc2nc3ccccc3c(=O)n2C2CCCC2)CC1. The molecule has 1 aromatic carbocycles. The van der Waals surface area contributed by atoms with Crippen molar-refractivity contribution in [1.82, 2.24) is 14.5 Å². The summed E-state index contributed by atoms with van der Waals surface area (Å²) in [6.45, 7) is 5.88. The van der Waals surface area contributed by atoms with Crippen molar-refractivity contribution in [2.45, 2.75) is 68.8 Å². The minimum absolute atomic E-state index is 0.0337. The van der Waals surface area contributed by atoms with Gasteiger partial charge in [-0.15, -0.1) is 0 Å². The highest BCUT2D eigenvalue weighted by Crippen LogP contribution is 2.33. The average molecular weight is 400 g/mol. The molecular formula is C22H29N3O2S. The maximum atomic E-state index is 13.2. The summed E-state index contributed by atoms with van der Waals surface area (Å²) >= 11 is 1.45. The van der Waals surface area contributed by atoms with Crippen LogP contribution in [0.5, 0.6) is 0 Å². The van der Waals surface area contributed by atoms with Gasteiger partial charge in [0.2, 0.25) is 5.91 Å². The van der Waals surface area contributed by atoms with Gasteiger partial charge < -0.3 is 4.90 Å². The summed E-state index contributed by atoms with van der Waals surface area (Å²) in [5, 5.41) is 1.12. The van der Waals surface area contributed by atoms with Crippen LogP contribution < -0.4 is 5.56 Å². The molecule has 0 spiro atoms. The Hall–Kier alpha value is -1.82. The number of benzene rings is 1. The smallest absolute Gasteiger partial charge is 0.262 e. The third-order valence-electron chi connectivity index (χ3n) is 6.19. The highest BCUT2D eigenvalue weighted by Gasteiger charge is 2.28. The van der Waals surface area contributed by atoms with Crippen molar-refractivity contribution >= 4 is 28.6 Å². The van der Waals surface area contributed by atoms with Crippen LogP contribution in [0.1, 0.15) is 58.4 Å². The summed E-state index contributed by atoms with van der Waals surface area (Å²) in [5.74, 6) is 0.860. The van der Waals surface area contributed by atoms with Crippen LogP contribution in [0, 0.1) is 5.92 Å². The number of amides is 1. The van der Waals surface area contributed by atoms with Gasteiger partial charge in [0, 0.05) is 19.1 Å². The first-order chi connectivity index (χ1) is 13.5. The van der Waals surface area contributed by atoms with Gasteiger partial charge >= 0.3 is 0 Å². The second-order valence-electron chi connectivity index (χ2n) is 8.29. The summed E-state index contributed by atoms with van der Waals surface area (Å²) in [4.78, 5) is 33.0. The zero-order valence-electron chi connectivity index (χ0n) is 16.8. The maximum absolute atomic E-state index is 13.2. The molecule has 2 aromatic rings. The van der Waals surface area contributed by atoms with E-state index >= 15 is 0 Å². The lowest BCUT2D eigenvalue weighted by atomic mass is 9.99. The molecule has 0 N–H and O–H groups in total. The van der Waals surface area contributed by atoms with Gasteiger partial charge in [-0.2, -0.15) is 0 Å². The van der Waals surface area contributed by atoms with Gasteiger partial charge in [-0.25, -0.2) is 4.98 Å².